The molecule has 0 saturated carbocycles. The lowest BCUT2D eigenvalue weighted by atomic mass is 10.1. The lowest BCUT2D eigenvalue weighted by Crippen LogP contribution is -2.36. The predicted octanol–water partition coefficient (Wildman–Crippen LogP) is 3.99. The number of nitrogens with one attached hydrogen (secondary N) is 1. The number of nitrogens with zero attached hydrogens (tertiary/aromatic N) is 1. The lowest BCUT2D eigenvalue weighted by Gasteiger charge is -2.24. The van der Waals surface area contributed by atoms with E-state index in [-0.39, 0.29) is 17.9 Å². The number of fused-ring (bicyclic) bond motifs is 1. The van der Waals surface area contributed by atoms with Crippen LogP contribution in [0.5, 0.6) is 0 Å². The second-order valence-electron chi connectivity index (χ2n) is 7.63. The van der Waals surface area contributed by atoms with Crippen LogP contribution in [-0.2, 0) is 11.2 Å². The van der Waals surface area contributed by atoms with Crippen molar-refractivity contribution in [3.63, 3.8) is 0 Å². The summed E-state index contributed by atoms with van der Waals surface area (Å²) in [4.78, 5) is 29.9. The first-order chi connectivity index (χ1) is 11.9. The van der Waals surface area contributed by atoms with Crippen LogP contribution in [0.1, 0.15) is 46.1 Å². The predicted molar refractivity (Wildman–Crippen MR) is 104 cm³/mol. The molecule has 0 unspecified atom stereocenters. The highest BCUT2D eigenvalue weighted by Gasteiger charge is 2.17. The van der Waals surface area contributed by atoms with Crippen molar-refractivity contribution in [2.75, 3.05) is 13.1 Å². The molecule has 4 nitrogen and oxygen atoms in total. The van der Waals surface area contributed by atoms with Crippen LogP contribution in [-0.4, -0.2) is 28.9 Å². The van der Waals surface area contributed by atoms with Crippen LogP contribution < -0.4 is 5.56 Å². The number of benzene rings is 1. The zero-order valence-electron chi connectivity index (χ0n) is 15.8. The van der Waals surface area contributed by atoms with E-state index in [1.807, 2.05) is 35.2 Å². The fourth-order valence-corrected chi connectivity index (χ4v) is 2.79. The van der Waals surface area contributed by atoms with E-state index >= 15 is 0 Å². The molecule has 4 heteroatoms. The summed E-state index contributed by atoms with van der Waals surface area (Å²) in [5.41, 5.74) is 1.18. The highest BCUT2D eigenvalue weighted by atomic mass is 16.2. The van der Waals surface area contributed by atoms with E-state index in [1.54, 1.807) is 0 Å². The molecule has 25 heavy (non-hydrogen) atoms. The summed E-state index contributed by atoms with van der Waals surface area (Å²) in [5, 5.41) is 0.959. The molecule has 0 fully saturated rings. The lowest BCUT2D eigenvalue weighted by molar-refractivity contribution is -0.130. The number of hydrogen-bond acceptors (Lipinski definition) is 2. The van der Waals surface area contributed by atoms with Gasteiger partial charge in [-0.3, -0.25) is 9.59 Å². The summed E-state index contributed by atoms with van der Waals surface area (Å²) in [7, 11) is 0. The van der Waals surface area contributed by atoms with Gasteiger partial charge in [0, 0.05) is 24.2 Å². The Morgan fingerprint density at radius 1 is 1.04 bits per heavy atom. The third-order valence-electron chi connectivity index (χ3n) is 4.48. The Labute approximate surface area is 150 Å². The van der Waals surface area contributed by atoms with Crippen molar-refractivity contribution < 1.29 is 4.79 Å². The molecule has 0 aliphatic rings. The molecule has 0 atom stereocenters. The Bertz CT molecular complexity index is 750. The second kappa shape index (κ2) is 8.84. The minimum Gasteiger partial charge on any atom is -0.342 e. The number of aromatic nitrogens is 1. The van der Waals surface area contributed by atoms with Crippen LogP contribution >= 0.6 is 0 Å². The molecular formula is C21H30N2O2. The van der Waals surface area contributed by atoms with Crippen LogP contribution in [0, 0.1) is 11.8 Å². The topological polar surface area (TPSA) is 53.2 Å². The second-order valence-corrected chi connectivity index (χ2v) is 7.63. The van der Waals surface area contributed by atoms with E-state index in [1.165, 1.54) is 0 Å². The molecule has 0 spiro atoms. The Morgan fingerprint density at radius 2 is 1.64 bits per heavy atom. The van der Waals surface area contributed by atoms with Gasteiger partial charge < -0.3 is 9.88 Å². The number of para-hydroxylation sites is 1. The van der Waals surface area contributed by atoms with Gasteiger partial charge in [-0.2, -0.15) is 0 Å². The summed E-state index contributed by atoms with van der Waals surface area (Å²) in [6, 6.07) is 9.50. The normalized spacial score (nSPS) is 11.4. The quantitative estimate of drug-likeness (QED) is 0.788. The van der Waals surface area contributed by atoms with Gasteiger partial charge in [-0.15, -0.1) is 0 Å². The van der Waals surface area contributed by atoms with Gasteiger partial charge in [0.15, 0.2) is 0 Å². The fourth-order valence-electron chi connectivity index (χ4n) is 2.79. The average molecular weight is 342 g/mol. The van der Waals surface area contributed by atoms with Crippen LogP contribution in [0.25, 0.3) is 10.9 Å². The number of H-pyrrole nitrogens is 1. The number of carbonyl (C=O) groups excluding carboxylic acids is 1. The van der Waals surface area contributed by atoms with Gasteiger partial charge in [0.1, 0.15) is 0 Å². The summed E-state index contributed by atoms with van der Waals surface area (Å²) in [6.45, 7) is 10.2. The number of hydrogen-bond donors (Lipinski definition) is 1. The Hall–Kier alpha value is -2.10. The van der Waals surface area contributed by atoms with Crippen LogP contribution in [0.3, 0.4) is 0 Å². The molecule has 1 aromatic carbocycles. The first-order valence-corrected chi connectivity index (χ1v) is 9.25. The maximum Gasteiger partial charge on any atom is 0.252 e. The van der Waals surface area contributed by atoms with Gasteiger partial charge in [0.25, 0.3) is 5.56 Å². The molecular weight excluding hydrogens is 312 g/mol. The zero-order chi connectivity index (χ0) is 18.4. The number of carbonyl (C=O) groups is 1. The molecule has 1 heterocycles. The highest BCUT2D eigenvalue weighted by Crippen LogP contribution is 2.12. The minimum absolute atomic E-state index is 0.0436. The maximum atomic E-state index is 12.8. The van der Waals surface area contributed by atoms with Crippen molar-refractivity contribution in [3.05, 3.63) is 46.2 Å². The third kappa shape index (κ3) is 5.73. The monoisotopic (exact) mass is 342 g/mol. The van der Waals surface area contributed by atoms with Gasteiger partial charge in [-0.25, -0.2) is 0 Å². The van der Waals surface area contributed by atoms with Gasteiger partial charge >= 0.3 is 0 Å². The van der Waals surface area contributed by atoms with Crippen LogP contribution in [0.2, 0.25) is 0 Å². The first kappa shape index (κ1) is 19.2. The van der Waals surface area contributed by atoms with E-state index in [0.29, 0.717) is 17.4 Å². The van der Waals surface area contributed by atoms with E-state index < -0.39 is 0 Å². The van der Waals surface area contributed by atoms with Crippen molar-refractivity contribution in [2.45, 2.75) is 47.0 Å². The van der Waals surface area contributed by atoms with E-state index in [9.17, 15) is 9.59 Å². The minimum atomic E-state index is -0.167. The molecule has 0 bridgehead atoms. The molecule has 0 saturated heterocycles. The summed E-state index contributed by atoms with van der Waals surface area (Å²) in [6.07, 6.45) is 2.13. The van der Waals surface area contributed by atoms with E-state index in [4.69, 9.17) is 0 Å². The van der Waals surface area contributed by atoms with E-state index in [0.717, 1.165) is 36.8 Å². The Balaban J connectivity index is 2.15. The number of pyridine rings is 1. The summed E-state index contributed by atoms with van der Waals surface area (Å²) >= 11 is 0. The largest absolute Gasteiger partial charge is 0.342 e. The average Bonchev–Trinajstić information content (AvgIpc) is 2.55. The van der Waals surface area contributed by atoms with Crippen molar-refractivity contribution in [3.8, 4) is 0 Å². The first-order valence-electron chi connectivity index (χ1n) is 9.25. The van der Waals surface area contributed by atoms with Gasteiger partial charge in [0.2, 0.25) is 5.91 Å². The molecule has 1 amide bonds. The standard InChI is InChI=1S/C21H30N2O2/c1-15(2)9-11-23(12-10-16(3)4)20(24)14-18-13-17-7-5-6-8-19(17)22-21(18)25/h5-8,13,15-16H,9-12,14H2,1-4H3,(H,22,25). The van der Waals surface area contributed by atoms with Crippen molar-refractivity contribution in [1.29, 1.82) is 0 Å². The van der Waals surface area contributed by atoms with Gasteiger partial charge in [-0.05, 0) is 42.2 Å². The molecule has 1 N–H and O–H groups in total. The zero-order valence-corrected chi connectivity index (χ0v) is 15.8. The summed E-state index contributed by atoms with van der Waals surface area (Å²) in [5.74, 6) is 1.15. The van der Waals surface area contributed by atoms with Crippen molar-refractivity contribution in [2.24, 2.45) is 11.8 Å². The molecule has 0 aliphatic heterocycles. The smallest absolute Gasteiger partial charge is 0.252 e. The molecule has 2 aromatic rings. The van der Waals surface area contributed by atoms with Gasteiger partial charge in [0.05, 0.1) is 6.42 Å². The number of amides is 1. The van der Waals surface area contributed by atoms with Crippen LogP contribution in [0.15, 0.2) is 35.1 Å². The molecule has 0 radical (unpaired) electrons. The number of aromatic amines is 1. The van der Waals surface area contributed by atoms with Crippen LogP contribution in [0.4, 0.5) is 0 Å². The highest BCUT2D eigenvalue weighted by molar-refractivity contribution is 5.82. The van der Waals surface area contributed by atoms with Crippen molar-refractivity contribution >= 4 is 16.8 Å². The Morgan fingerprint density at radius 3 is 2.24 bits per heavy atom. The third-order valence-corrected chi connectivity index (χ3v) is 4.48. The maximum absolute atomic E-state index is 12.8. The molecule has 2 rings (SSSR count). The van der Waals surface area contributed by atoms with Crippen molar-refractivity contribution in [1.82, 2.24) is 9.88 Å². The van der Waals surface area contributed by atoms with E-state index in [2.05, 4.69) is 32.7 Å². The Kier molecular flexibility index (Phi) is 6.80. The molecule has 1 aromatic heterocycles. The molecule has 0 aliphatic carbocycles. The number of rotatable bonds is 8. The molecule has 136 valence electrons. The summed E-state index contributed by atoms with van der Waals surface area (Å²) < 4.78 is 0. The van der Waals surface area contributed by atoms with Gasteiger partial charge in [-0.1, -0.05) is 45.9 Å². The SMILES string of the molecule is CC(C)CCN(CCC(C)C)C(=O)Cc1cc2ccccc2[nH]c1=O. The fraction of sp³-hybridized carbons (Fsp3) is 0.524.